The average molecular weight is 450 g/mol. The van der Waals surface area contributed by atoms with Crippen molar-refractivity contribution in [1.82, 2.24) is 5.32 Å². The van der Waals surface area contributed by atoms with Gasteiger partial charge in [-0.3, -0.25) is 4.79 Å². The highest BCUT2D eigenvalue weighted by Crippen LogP contribution is 2.29. The van der Waals surface area contributed by atoms with Crippen molar-refractivity contribution in [3.05, 3.63) is 64.0 Å². The lowest BCUT2D eigenvalue weighted by Gasteiger charge is -2.23. The van der Waals surface area contributed by atoms with Crippen molar-refractivity contribution in [3.8, 4) is 5.75 Å². The first-order chi connectivity index (χ1) is 16.1. The summed E-state index contributed by atoms with van der Waals surface area (Å²) in [7, 11) is 1.59. The monoisotopic (exact) mass is 449 g/mol. The third-order valence-electron chi connectivity index (χ3n) is 6.06. The number of benzene rings is 2. The van der Waals surface area contributed by atoms with Crippen LogP contribution in [-0.2, 0) is 6.42 Å². The highest BCUT2D eigenvalue weighted by Gasteiger charge is 2.18. The fourth-order valence-electron chi connectivity index (χ4n) is 4.29. The molecule has 1 aromatic heterocycles. The molecule has 1 amide bonds. The van der Waals surface area contributed by atoms with Gasteiger partial charge in [0.1, 0.15) is 16.9 Å². The molecule has 7 heteroatoms. The Balaban J connectivity index is 1.47. The van der Waals surface area contributed by atoms with E-state index in [1.807, 2.05) is 37.3 Å². The van der Waals surface area contributed by atoms with Gasteiger partial charge < -0.3 is 25.1 Å². The molecule has 1 aliphatic heterocycles. The number of hydrogen-bond acceptors (Lipinski definition) is 6. The summed E-state index contributed by atoms with van der Waals surface area (Å²) in [6.45, 7) is 5.12. The quantitative estimate of drug-likeness (QED) is 0.441. The predicted molar refractivity (Wildman–Crippen MR) is 132 cm³/mol. The second-order valence-corrected chi connectivity index (χ2v) is 8.49. The molecule has 2 aromatic carbocycles. The molecule has 7 nitrogen and oxygen atoms in total. The Morgan fingerprint density at radius 3 is 2.67 bits per heavy atom. The second-order valence-electron chi connectivity index (χ2n) is 8.49. The van der Waals surface area contributed by atoms with Crippen molar-refractivity contribution in [2.75, 3.05) is 37.4 Å². The molecule has 3 aromatic rings. The van der Waals surface area contributed by atoms with Crippen LogP contribution < -0.4 is 26.3 Å². The zero-order valence-electron chi connectivity index (χ0n) is 19.2. The van der Waals surface area contributed by atoms with E-state index in [0.29, 0.717) is 34.7 Å². The number of ether oxygens (including phenoxy) is 1. The number of piperidine rings is 1. The molecule has 1 aliphatic rings. The van der Waals surface area contributed by atoms with Crippen molar-refractivity contribution in [2.24, 2.45) is 5.92 Å². The van der Waals surface area contributed by atoms with Crippen LogP contribution in [0.4, 0.5) is 11.4 Å². The largest absolute Gasteiger partial charge is 0.496 e. The number of anilines is 2. The van der Waals surface area contributed by atoms with Gasteiger partial charge in [0.15, 0.2) is 0 Å². The first-order valence-electron chi connectivity index (χ1n) is 11.6. The zero-order chi connectivity index (χ0) is 23.2. The van der Waals surface area contributed by atoms with E-state index >= 15 is 0 Å². The minimum atomic E-state index is -0.662. The second kappa shape index (κ2) is 10.5. The summed E-state index contributed by atoms with van der Waals surface area (Å²) >= 11 is 0. The number of methoxy groups -OCH3 is 1. The number of aryl methyl sites for hydroxylation is 1. The topological polar surface area (TPSA) is 92.6 Å². The van der Waals surface area contributed by atoms with Crippen LogP contribution in [-0.4, -0.2) is 32.7 Å². The van der Waals surface area contributed by atoms with Crippen LogP contribution in [0.5, 0.6) is 5.75 Å². The molecule has 4 rings (SSSR count). The van der Waals surface area contributed by atoms with Gasteiger partial charge in [-0.15, -0.1) is 0 Å². The lowest BCUT2D eigenvalue weighted by Crippen LogP contribution is -2.33. The Bertz CT molecular complexity index is 1160. The van der Waals surface area contributed by atoms with Gasteiger partial charge >= 0.3 is 5.63 Å². The molecule has 1 fully saturated rings. The SMILES string of the molecule is CCCc1c(OC)ccc2cc(C(=O)Nc3ccc(NCC4CCCNC4)cc3)c(=O)oc12. The van der Waals surface area contributed by atoms with Crippen molar-refractivity contribution in [3.63, 3.8) is 0 Å². The highest BCUT2D eigenvalue weighted by molar-refractivity contribution is 6.05. The van der Waals surface area contributed by atoms with Crippen LogP contribution in [0.25, 0.3) is 11.0 Å². The normalized spacial score (nSPS) is 15.9. The zero-order valence-corrected chi connectivity index (χ0v) is 19.2. The van der Waals surface area contributed by atoms with Crippen molar-refractivity contribution >= 4 is 28.3 Å². The highest BCUT2D eigenvalue weighted by atomic mass is 16.5. The maximum atomic E-state index is 12.8. The van der Waals surface area contributed by atoms with Crippen molar-refractivity contribution in [1.29, 1.82) is 0 Å². The van der Waals surface area contributed by atoms with Gasteiger partial charge in [-0.2, -0.15) is 0 Å². The summed E-state index contributed by atoms with van der Waals surface area (Å²) in [6, 6.07) is 12.7. The van der Waals surface area contributed by atoms with E-state index in [2.05, 4.69) is 16.0 Å². The van der Waals surface area contributed by atoms with Crippen LogP contribution in [0, 0.1) is 5.92 Å². The first kappa shape index (κ1) is 22.9. The van der Waals surface area contributed by atoms with E-state index in [-0.39, 0.29) is 5.56 Å². The van der Waals surface area contributed by atoms with Gasteiger partial charge in [0.25, 0.3) is 5.91 Å². The van der Waals surface area contributed by atoms with Crippen LogP contribution in [0.1, 0.15) is 42.1 Å². The van der Waals surface area contributed by atoms with E-state index in [1.165, 1.54) is 12.8 Å². The molecule has 1 atom stereocenters. The molecular formula is C26H31N3O4. The first-order valence-corrected chi connectivity index (χ1v) is 11.6. The summed E-state index contributed by atoms with van der Waals surface area (Å²) < 4.78 is 11.0. The fraction of sp³-hybridized carbons (Fsp3) is 0.385. The molecule has 0 radical (unpaired) electrons. The van der Waals surface area contributed by atoms with E-state index in [1.54, 1.807) is 19.2 Å². The van der Waals surface area contributed by atoms with Gasteiger partial charge in [-0.05, 0) is 80.7 Å². The predicted octanol–water partition coefficient (Wildman–Crippen LogP) is 4.42. The summed E-state index contributed by atoms with van der Waals surface area (Å²) in [5.41, 5.74) is 2.24. The molecule has 1 unspecified atom stereocenters. The average Bonchev–Trinajstić information content (AvgIpc) is 2.84. The van der Waals surface area contributed by atoms with Gasteiger partial charge in [-0.25, -0.2) is 4.79 Å². The molecule has 33 heavy (non-hydrogen) atoms. The van der Waals surface area contributed by atoms with E-state index in [0.717, 1.165) is 37.3 Å². The smallest absolute Gasteiger partial charge is 0.349 e. The van der Waals surface area contributed by atoms with Gasteiger partial charge in [0.2, 0.25) is 0 Å². The lowest BCUT2D eigenvalue weighted by molar-refractivity contribution is 0.102. The minimum absolute atomic E-state index is 0.0258. The Morgan fingerprint density at radius 2 is 1.97 bits per heavy atom. The molecule has 3 N–H and O–H groups in total. The summed E-state index contributed by atoms with van der Waals surface area (Å²) in [6.07, 6.45) is 4.04. The Morgan fingerprint density at radius 1 is 1.18 bits per heavy atom. The van der Waals surface area contributed by atoms with Crippen LogP contribution >= 0.6 is 0 Å². The molecule has 1 saturated heterocycles. The van der Waals surface area contributed by atoms with E-state index in [4.69, 9.17) is 9.15 Å². The van der Waals surface area contributed by atoms with Gasteiger partial charge in [-0.1, -0.05) is 13.3 Å². The third kappa shape index (κ3) is 5.37. The molecule has 0 aliphatic carbocycles. The summed E-state index contributed by atoms with van der Waals surface area (Å²) in [5, 5.41) is 10.4. The standard InChI is InChI=1S/C26H31N3O4/c1-3-5-21-23(32-2)12-7-18-14-22(26(31)33-24(18)21)25(30)29-20-10-8-19(9-11-20)28-16-17-6-4-13-27-15-17/h7-12,14,17,27-28H,3-6,13,15-16H2,1-2H3,(H,29,30). The van der Waals surface area contributed by atoms with E-state index in [9.17, 15) is 9.59 Å². The van der Waals surface area contributed by atoms with Crippen LogP contribution in [0.15, 0.2) is 51.7 Å². The number of hydrogen-bond donors (Lipinski definition) is 3. The van der Waals surface area contributed by atoms with E-state index < -0.39 is 11.5 Å². The lowest BCUT2D eigenvalue weighted by atomic mass is 10.00. The third-order valence-corrected chi connectivity index (χ3v) is 6.06. The Kier molecular flexibility index (Phi) is 7.29. The van der Waals surface area contributed by atoms with Crippen molar-refractivity contribution < 1.29 is 13.9 Å². The maximum Gasteiger partial charge on any atom is 0.349 e. The van der Waals surface area contributed by atoms with Crippen LogP contribution in [0.3, 0.4) is 0 Å². The maximum absolute atomic E-state index is 12.8. The summed E-state index contributed by atoms with van der Waals surface area (Å²) in [5.74, 6) is 0.814. The molecule has 0 saturated carbocycles. The molecular weight excluding hydrogens is 418 g/mol. The number of carbonyl (C=O) groups excluding carboxylic acids is 1. The Hall–Kier alpha value is -3.32. The number of rotatable bonds is 8. The molecule has 174 valence electrons. The molecule has 0 bridgehead atoms. The molecule has 0 spiro atoms. The summed E-state index contributed by atoms with van der Waals surface area (Å²) in [4.78, 5) is 25.4. The number of nitrogens with one attached hydrogen (secondary N) is 3. The number of amides is 1. The number of fused-ring (bicyclic) bond motifs is 1. The fourth-order valence-corrected chi connectivity index (χ4v) is 4.29. The van der Waals surface area contributed by atoms with Gasteiger partial charge in [0, 0.05) is 28.9 Å². The number of carbonyl (C=O) groups is 1. The minimum Gasteiger partial charge on any atom is -0.496 e. The van der Waals surface area contributed by atoms with Gasteiger partial charge in [0.05, 0.1) is 7.11 Å². The van der Waals surface area contributed by atoms with Crippen molar-refractivity contribution in [2.45, 2.75) is 32.6 Å². The Labute approximate surface area is 193 Å². The van der Waals surface area contributed by atoms with Crippen LogP contribution in [0.2, 0.25) is 0 Å². The molecule has 2 heterocycles.